The van der Waals surface area contributed by atoms with Gasteiger partial charge in [0.1, 0.15) is 0 Å². The molecular formula is C13H17F3N4O3. The molecule has 1 amide bonds. The van der Waals surface area contributed by atoms with Gasteiger partial charge in [0, 0.05) is 37.7 Å². The van der Waals surface area contributed by atoms with E-state index in [0.717, 1.165) is 25.2 Å². The molecule has 1 atom stereocenters. The lowest BCUT2D eigenvalue weighted by atomic mass is 10.3. The zero-order chi connectivity index (χ0) is 17.5. The molecule has 0 spiro atoms. The van der Waals surface area contributed by atoms with Crippen molar-refractivity contribution in [2.75, 3.05) is 25.0 Å². The number of alkyl halides is 3. The number of anilines is 1. The fourth-order valence-electron chi connectivity index (χ4n) is 1.79. The minimum Gasteiger partial charge on any atom is -0.475 e. The Morgan fingerprint density at radius 1 is 1.43 bits per heavy atom. The molecule has 1 aliphatic rings. The molecule has 128 valence electrons. The highest BCUT2D eigenvalue weighted by Crippen LogP contribution is 2.13. The summed E-state index contributed by atoms with van der Waals surface area (Å²) in [5.74, 6) is -2.69. The number of pyridine rings is 1. The van der Waals surface area contributed by atoms with E-state index in [1.807, 2.05) is 12.1 Å². The number of carboxylic acid groups (broad SMARTS) is 1. The first-order valence-corrected chi connectivity index (χ1v) is 6.70. The smallest absolute Gasteiger partial charge is 0.475 e. The number of likely N-dealkylation sites (tertiary alicyclic amines) is 1. The maximum absolute atomic E-state index is 11.5. The van der Waals surface area contributed by atoms with Crippen molar-refractivity contribution in [3.05, 3.63) is 24.5 Å². The van der Waals surface area contributed by atoms with Gasteiger partial charge in [-0.05, 0) is 18.6 Å². The molecule has 1 aromatic heterocycles. The molecule has 0 radical (unpaired) electrons. The lowest BCUT2D eigenvalue weighted by Crippen LogP contribution is -2.36. The Morgan fingerprint density at radius 3 is 2.43 bits per heavy atom. The lowest BCUT2D eigenvalue weighted by molar-refractivity contribution is -0.192. The molecule has 2 rings (SSSR count). The molecule has 0 saturated carbocycles. The summed E-state index contributed by atoms with van der Waals surface area (Å²) in [6.07, 6.45) is -0.841. The highest BCUT2D eigenvalue weighted by Gasteiger charge is 2.38. The SMILES string of the molecule is NC1CCN(CCNc2ccncc2)C1=O.O=C(O)C(F)(F)F. The molecule has 0 aliphatic carbocycles. The summed E-state index contributed by atoms with van der Waals surface area (Å²) in [4.78, 5) is 26.1. The van der Waals surface area contributed by atoms with Gasteiger partial charge in [0.2, 0.25) is 5.91 Å². The standard InChI is InChI=1S/C11H16N4O.C2HF3O2/c12-10-3-7-15(11(10)16)8-6-14-9-1-4-13-5-2-9;3-2(4,5)1(6)7/h1-2,4-5,10H,3,6-8,12H2,(H,13,14);(H,6,7). The summed E-state index contributed by atoms with van der Waals surface area (Å²) in [5, 5.41) is 10.4. The van der Waals surface area contributed by atoms with Crippen molar-refractivity contribution < 1.29 is 27.9 Å². The monoisotopic (exact) mass is 334 g/mol. The minimum atomic E-state index is -5.08. The van der Waals surface area contributed by atoms with Crippen LogP contribution in [0, 0.1) is 0 Å². The van der Waals surface area contributed by atoms with Crippen molar-refractivity contribution in [2.24, 2.45) is 5.73 Å². The Kier molecular flexibility index (Phi) is 6.76. The molecule has 4 N–H and O–H groups in total. The van der Waals surface area contributed by atoms with Crippen LogP contribution in [0.3, 0.4) is 0 Å². The van der Waals surface area contributed by atoms with Gasteiger partial charge in [0.25, 0.3) is 0 Å². The number of carbonyl (C=O) groups excluding carboxylic acids is 1. The van der Waals surface area contributed by atoms with E-state index in [2.05, 4.69) is 10.3 Å². The van der Waals surface area contributed by atoms with Crippen LogP contribution in [0.15, 0.2) is 24.5 Å². The summed E-state index contributed by atoms with van der Waals surface area (Å²) >= 11 is 0. The van der Waals surface area contributed by atoms with E-state index in [0.29, 0.717) is 6.54 Å². The van der Waals surface area contributed by atoms with Crippen molar-refractivity contribution in [3.8, 4) is 0 Å². The molecule has 23 heavy (non-hydrogen) atoms. The lowest BCUT2D eigenvalue weighted by Gasteiger charge is -2.16. The summed E-state index contributed by atoms with van der Waals surface area (Å²) in [7, 11) is 0. The Morgan fingerprint density at radius 2 is 2.00 bits per heavy atom. The molecule has 0 aromatic carbocycles. The molecule has 1 fully saturated rings. The predicted molar refractivity (Wildman–Crippen MR) is 75.6 cm³/mol. The van der Waals surface area contributed by atoms with Crippen LogP contribution in [0.1, 0.15) is 6.42 Å². The second kappa shape index (κ2) is 8.32. The van der Waals surface area contributed by atoms with Crippen molar-refractivity contribution in [1.82, 2.24) is 9.88 Å². The number of hydrogen-bond acceptors (Lipinski definition) is 5. The van der Waals surface area contributed by atoms with Crippen LogP contribution in [0.4, 0.5) is 18.9 Å². The number of rotatable bonds is 4. The summed E-state index contributed by atoms with van der Waals surface area (Å²) in [6, 6.07) is 3.51. The van der Waals surface area contributed by atoms with E-state index < -0.39 is 12.1 Å². The Labute approximate surface area is 130 Å². The number of nitrogens with two attached hydrogens (primary N) is 1. The Hall–Kier alpha value is -2.36. The van der Waals surface area contributed by atoms with Crippen molar-refractivity contribution in [1.29, 1.82) is 0 Å². The molecular weight excluding hydrogens is 317 g/mol. The second-order valence-electron chi connectivity index (χ2n) is 4.69. The normalized spacial score (nSPS) is 17.5. The first kappa shape index (κ1) is 18.7. The quantitative estimate of drug-likeness (QED) is 0.747. The maximum Gasteiger partial charge on any atom is 0.490 e. The van der Waals surface area contributed by atoms with Crippen LogP contribution < -0.4 is 11.1 Å². The molecule has 0 bridgehead atoms. The molecule has 2 heterocycles. The largest absolute Gasteiger partial charge is 0.490 e. The highest BCUT2D eigenvalue weighted by molar-refractivity contribution is 5.83. The average Bonchev–Trinajstić information content (AvgIpc) is 2.80. The zero-order valence-electron chi connectivity index (χ0n) is 12.1. The number of nitrogens with zero attached hydrogens (tertiary/aromatic N) is 2. The summed E-state index contributed by atoms with van der Waals surface area (Å²) in [5.41, 5.74) is 6.65. The number of carbonyl (C=O) groups is 2. The van der Waals surface area contributed by atoms with Crippen molar-refractivity contribution >= 4 is 17.6 Å². The van der Waals surface area contributed by atoms with E-state index in [-0.39, 0.29) is 11.9 Å². The molecule has 1 aliphatic heterocycles. The number of amides is 1. The number of hydrogen-bond donors (Lipinski definition) is 3. The second-order valence-corrected chi connectivity index (χ2v) is 4.69. The molecule has 1 unspecified atom stereocenters. The molecule has 1 saturated heterocycles. The molecule has 7 nitrogen and oxygen atoms in total. The Balaban J connectivity index is 0.000000322. The van der Waals surface area contributed by atoms with Gasteiger partial charge in [-0.3, -0.25) is 9.78 Å². The van der Waals surface area contributed by atoms with Crippen LogP contribution in [0.25, 0.3) is 0 Å². The number of nitrogens with one attached hydrogen (secondary N) is 1. The summed E-state index contributed by atoms with van der Waals surface area (Å²) < 4.78 is 31.7. The van der Waals surface area contributed by atoms with Crippen molar-refractivity contribution in [2.45, 2.75) is 18.6 Å². The fourth-order valence-corrected chi connectivity index (χ4v) is 1.79. The van der Waals surface area contributed by atoms with E-state index in [1.165, 1.54) is 0 Å². The number of aliphatic carboxylic acids is 1. The van der Waals surface area contributed by atoms with Crippen LogP contribution >= 0.6 is 0 Å². The zero-order valence-corrected chi connectivity index (χ0v) is 12.1. The van der Waals surface area contributed by atoms with E-state index >= 15 is 0 Å². The molecule has 1 aromatic rings. The van der Waals surface area contributed by atoms with E-state index in [9.17, 15) is 18.0 Å². The van der Waals surface area contributed by atoms with Gasteiger partial charge in [0.05, 0.1) is 6.04 Å². The van der Waals surface area contributed by atoms with Crippen LogP contribution in [-0.4, -0.2) is 58.7 Å². The Bertz CT molecular complexity index is 525. The third-order valence-electron chi connectivity index (χ3n) is 2.97. The van der Waals surface area contributed by atoms with Gasteiger partial charge in [-0.1, -0.05) is 0 Å². The molecule has 10 heteroatoms. The first-order chi connectivity index (χ1) is 10.7. The van der Waals surface area contributed by atoms with Crippen molar-refractivity contribution in [3.63, 3.8) is 0 Å². The van der Waals surface area contributed by atoms with Crippen LogP contribution in [0.2, 0.25) is 0 Å². The van der Waals surface area contributed by atoms with Gasteiger partial charge in [-0.2, -0.15) is 13.2 Å². The average molecular weight is 334 g/mol. The maximum atomic E-state index is 11.5. The van der Waals surface area contributed by atoms with Gasteiger partial charge in [-0.25, -0.2) is 4.79 Å². The number of halogens is 3. The summed E-state index contributed by atoms with van der Waals surface area (Å²) in [6.45, 7) is 2.22. The van der Waals surface area contributed by atoms with Crippen LogP contribution in [-0.2, 0) is 9.59 Å². The van der Waals surface area contributed by atoms with Gasteiger partial charge in [-0.15, -0.1) is 0 Å². The number of aromatic nitrogens is 1. The van der Waals surface area contributed by atoms with Crippen LogP contribution in [0.5, 0.6) is 0 Å². The third kappa shape index (κ3) is 6.51. The third-order valence-corrected chi connectivity index (χ3v) is 2.97. The minimum absolute atomic E-state index is 0.0662. The van der Waals surface area contributed by atoms with E-state index in [1.54, 1.807) is 17.3 Å². The number of carboxylic acids is 1. The predicted octanol–water partition coefficient (Wildman–Crippen LogP) is 0.686. The first-order valence-electron chi connectivity index (χ1n) is 6.70. The van der Waals surface area contributed by atoms with Gasteiger partial charge < -0.3 is 21.1 Å². The topological polar surface area (TPSA) is 109 Å². The van der Waals surface area contributed by atoms with E-state index in [4.69, 9.17) is 15.6 Å². The van der Waals surface area contributed by atoms with Gasteiger partial charge >= 0.3 is 12.1 Å². The highest BCUT2D eigenvalue weighted by atomic mass is 19.4. The fraction of sp³-hybridized carbons (Fsp3) is 0.462. The van der Waals surface area contributed by atoms with Gasteiger partial charge in [0.15, 0.2) is 0 Å².